The molecule has 2 aliphatic rings. The largest absolute Gasteiger partial charge is 0.394 e. The van der Waals surface area contributed by atoms with Gasteiger partial charge in [-0.1, -0.05) is 121 Å². The Morgan fingerprint density at radius 1 is 0.603 bits per heavy atom. The van der Waals surface area contributed by atoms with Gasteiger partial charge in [-0.3, -0.25) is 4.79 Å². The van der Waals surface area contributed by atoms with Crippen molar-refractivity contribution in [3.63, 3.8) is 0 Å². The van der Waals surface area contributed by atoms with Crippen LogP contribution in [0.1, 0.15) is 142 Å². The lowest BCUT2D eigenvalue weighted by Gasteiger charge is -2.46. The van der Waals surface area contributed by atoms with Gasteiger partial charge in [-0.15, -0.1) is 0 Å². The highest BCUT2D eigenvalue weighted by Crippen LogP contribution is 2.30. The molecule has 0 aromatic heterocycles. The second-order valence-electron chi connectivity index (χ2n) is 15.8. The normalized spacial score (nSPS) is 29.1. The van der Waals surface area contributed by atoms with Crippen LogP contribution in [0.15, 0.2) is 36.5 Å². The van der Waals surface area contributed by atoms with Crippen molar-refractivity contribution in [2.75, 3.05) is 19.8 Å². The van der Waals surface area contributed by atoms with E-state index in [9.17, 15) is 45.6 Å². The first kappa shape index (κ1) is 52.3. The fourth-order valence-electron chi connectivity index (χ4n) is 7.07. The Bertz CT molecular complexity index is 1120. The smallest absolute Gasteiger partial charge is 0.220 e. The molecule has 2 rings (SSSR count). The molecule has 14 nitrogen and oxygen atoms in total. The number of aliphatic hydroxyl groups is 8. The summed E-state index contributed by atoms with van der Waals surface area (Å²) >= 11 is 0. The SMILES string of the molecule is CCC/C=C/CC/C=C/C(O)C(COC1OC(CO)C(OC2OC(CO)C(O)C(O)C2O)C(O)C1O)NC(=O)CCCCCCCCC/C=C\CCCCCCCC. The fraction of sp³-hybridized carbons (Fsp3) is 0.841. The van der Waals surface area contributed by atoms with Gasteiger partial charge in [0.15, 0.2) is 12.6 Å². The molecule has 2 aliphatic heterocycles. The highest BCUT2D eigenvalue weighted by Gasteiger charge is 2.50. The van der Waals surface area contributed by atoms with Crippen LogP contribution < -0.4 is 5.32 Å². The minimum absolute atomic E-state index is 0.261. The zero-order valence-corrected chi connectivity index (χ0v) is 35.3. The van der Waals surface area contributed by atoms with E-state index in [2.05, 4.69) is 43.5 Å². The van der Waals surface area contributed by atoms with E-state index in [0.717, 1.165) is 44.9 Å². The third-order valence-electron chi connectivity index (χ3n) is 10.8. The number of hydrogen-bond donors (Lipinski definition) is 9. The van der Waals surface area contributed by atoms with Crippen LogP contribution in [0, 0.1) is 0 Å². The Morgan fingerprint density at radius 2 is 1.14 bits per heavy atom. The molecule has 0 aliphatic carbocycles. The molecule has 58 heavy (non-hydrogen) atoms. The minimum Gasteiger partial charge on any atom is -0.394 e. The average molecular weight is 830 g/mol. The molecule has 2 heterocycles. The number of carbonyl (C=O) groups excluding carboxylic acids is 1. The standard InChI is InChI=1S/C44H79NO13/c1-3-5-7-9-11-12-13-14-15-16-17-18-19-20-22-24-26-28-36(49)45-32(33(48)27-25-23-21-10-8-6-4-2)31-55-43-41(54)39(52)42(35(30-47)57-43)58-44-40(53)38(51)37(50)34(29-46)56-44/h8,10,14-15,25,27,32-35,37-44,46-48,50-54H,3-7,9,11-13,16-24,26,28-31H2,1-2H3,(H,45,49)/b10-8+,15-14-,27-25+. The first-order valence-corrected chi connectivity index (χ1v) is 22.2. The molecule has 0 radical (unpaired) electrons. The van der Waals surface area contributed by atoms with Crippen LogP contribution in [0.4, 0.5) is 0 Å². The van der Waals surface area contributed by atoms with Crippen molar-refractivity contribution >= 4 is 5.91 Å². The summed E-state index contributed by atoms with van der Waals surface area (Å²) in [6.07, 6.45) is 16.6. The van der Waals surface area contributed by atoms with Crippen LogP contribution >= 0.6 is 0 Å². The highest BCUT2D eigenvalue weighted by atomic mass is 16.7. The topological polar surface area (TPSA) is 228 Å². The maximum Gasteiger partial charge on any atom is 0.220 e. The number of hydrogen-bond acceptors (Lipinski definition) is 13. The summed E-state index contributed by atoms with van der Waals surface area (Å²) in [5.41, 5.74) is 0. The number of allylic oxidation sites excluding steroid dienone is 5. The van der Waals surface area contributed by atoms with E-state index < -0.39 is 86.8 Å². The molecule has 12 unspecified atom stereocenters. The van der Waals surface area contributed by atoms with Crippen molar-refractivity contribution in [2.24, 2.45) is 0 Å². The van der Waals surface area contributed by atoms with Gasteiger partial charge in [-0.05, 0) is 51.4 Å². The molecule has 14 heteroatoms. The lowest BCUT2D eigenvalue weighted by molar-refractivity contribution is -0.359. The summed E-state index contributed by atoms with van der Waals surface area (Å²) in [6.45, 7) is 2.61. The zero-order chi connectivity index (χ0) is 42.5. The first-order chi connectivity index (χ1) is 28.1. The van der Waals surface area contributed by atoms with Gasteiger partial charge in [0.05, 0.1) is 32.0 Å². The molecule has 0 bridgehead atoms. The number of carbonyl (C=O) groups is 1. The van der Waals surface area contributed by atoms with Gasteiger partial charge in [0, 0.05) is 6.42 Å². The summed E-state index contributed by atoms with van der Waals surface area (Å²) in [6, 6.07) is -0.928. The molecule has 0 spiro atoms. The molecule has 2 fully saturated rings. The minimum atomic E-state index is -1.79. The maximum atomic E-state index is 13.0. The lowest BCUT2D eigenvalue weighted by Crippen LogP contribution is -2.65. The van der Waals surface area contributed by atoms with Crippen molar-refractivity contribution in [3.8, 4) is 0 Å². The van der Waals surface area contributed by atoms with E-state index in [4.69, 9.17) is 18.9 Å². The van der Waals surface area contributed by atoms with Crippen molar-refractivity contribution in [1.82, 2.24) is 5.32 Å². The second kappa shape index (κ2) is 32.0. The summed E-state index contributed by atoms with van der Waals surface area (Å²) in [5, 5.41) is 86.1. The van der Waals surface area contributed by atoms with Crippen molar-refractivity contribution in [1.29, 1.82) is 0 Å². The molecular weight excluding hydrogens is 750 g/mol. The predicted octanol–water partition coefficient (Wildman–Crippen LogP) is 3.98. The maximum absolute atomic E-state index is 13.0. The lowest BCUT2D eigenvalue weighted by atomic mass is 9.97. The summed E-state index contributed by atoms with van der Waals surface area (Å²) < 4.78 is 22.5. The molecule has 0 aromatic rings. The van der Waals surface area contributed by atoms with E-state index in [-0.39, 0.29) is 18.9 Å². The number of amides is 1. The van der Waals surface area contributed by atoms with Crippen LogP contribution in [-0.4, -0.2) is 140 Å². The molecule has 2 saturated heterocycles. The Hall–Kier alpha value is -1.79. The number of ether oxygens (including phenoxy) is 4. The molecule has 1 amide bonds. The second-order valence-corrected chi connectivity index (χ2v) is 15.8. The van der Waals surface area contributed by atoms with Gasteiger partial charge < -0.3 is 65.1 Å². The third kappa shape index (κ3) is 20.2. The van der Waals surface area contributed by atoms with Crippen molar-refractivity contribution in [3.05, 3.63) is 36.5 Å². The first-order valence-electron chi connectivity index (χ1n) is 22.2. The van der Waals surface area contributed by atoms with E-state index in [1.165, 1.54) is 64.2 Å². The van der Waals surface area contributed by atoms with Crippen molar-refractivity contribution < 1.29 is 64.6 Å². The monoisotopic (exact) mass is 830 g/mol. The van der Waals surface area contributed by atoms with Gasteiger partial charge in [-0.25, -0.2) is 0 Å². The number of aliphatic hydroxyl groups excluding tert-OH is 8. The van der Waals surface area contributed by atoms with Crippen LogP contribution in [0.25, 0.3) is 0 Å². The molecule has 0 aromatic carbocycles. The Labute approximate surface area is 347 Å². The van der Waals surface area contributed by atoms with Gasteiger partial charge in [0.1, 0.15) is 48.8 Å². The highest BCUT2D eigenvalue weighted by molar-refractivity contribution is 5.76. The predicted molar refractivity (Wildman–Crippen MR) is 221 cm³/mol. The third-order valence-corrected chi connectivity index (χ3v) is 10.8. The fourth-order valence-corrected chi connectivity index (χ4v) is 7.07. The van der Waals surface area contributed by atoms with Gasteiger partial charge >= 0.3 is 0 Å². The van der Waals surface area contributed by atoms with Gasteiger partial charge in [-0.2, -0.15) is 0 Å². The van der Waals surface area contributed by atoms with Gasteiger partial charge in [0.25, 0.3) is 0 Å². The van der Waals surface area contributed by atoms with Crippen LogP contribution in [-0.2, 0) is 23.7 Å². The molecule has 9 N–H and O–H groups in total. The number of unbranched alkanes of at least 4 members (excludes halogenated alkanes) is 15. The Balaban J connectivity index is 1.85. The Kier molecular flexibility index (Phi) is 28.9. The van der Waals surface area contributed by atoms with Crippen LogP contribution in [0.5, 0.6) is 0 Å². The average Bonchev–Trinajstić information content (AvgIpc) is 3.22. The number of nitrogens with one attached hydrogen (secondary N) is 1. The van der Waals surface area contributed by atoms with E-state index in [1.54, 1.807) is 6.08 Å². The quantitative estimate of drug-likeness (QED) is 0.0346. The van der Waals surface area contributed by atoms with E-state index in [1.807, 2.05) is 6.08 Å². The summed E-state index contributed by atoms with van der Waals surface area (Å²) in [5.74, 6) is -0.261. The van der Waals surface area contributed by atoms with Crippen LogP contribution in [0.2, 0.25) is 0 Å². The van der Waals surface area contributed by atoms with Gasteiger partial charge in [0.2, 0.25) is 5.91 Å². The van der Waals surface area contributed by atoms with Crippen molar-refractivity contribution in [2.45, 2.75) is 216 Å². The molecule has 0 saturated carbocycles. The summed E-state index contributed by atoms with van der Waals surface area (Å²) in [7, 11) is 0. The summed E-state index contributed by atoms with van der Waals surface area (Å²) in [4.78, 5) is 13.0. The van der Waals surface area contributed by atoms with E-state index in [0.29, 0.717) is 12.8 Å². The molecular formula is C44H79NO13. The van der Waals surface area contributed by atoms with Crippen LogP contribution in [0.3, 0.4) is 0 Å². The zero-order valence-electron chi connectivity index (χ0n) is 35.3. The Morgan fingerprint density at radius 3 is 1.76 bits per heavy atom. The number of rotatable bonds is 32. The molecule has 338 valence electrons. The van der Waals surface area contributed by atoms with E-state index >= 15 is 0 Å². The molecule has 12 atom stereocenters.